The number of hydrogen-bond donors (Lipinski definition) is 0. The Labute approximate surface area is 132 Å². The lowest BCUT2D eigenvalue weighted by Gasteiger charge is -2.36. The molecule has 0 amide bonds. The molecule has 0 N–H and O–H groups in total. The Hall–Kier alpha value is -0.710. The molecule has 0 heterocycles. The number of hydrogen-bond acceptors (Lipinski definition) is 1. The minimum Gasteiger partial charge on any atom is -0.371 e. The summed E-state index contributed by atoms with van der Waals surface area (Å²) in [6, 6.07) is 4.83. The van der Waals surface area contributed by atoms with Crippen LogP contribution in [0, 0.1) is 5.92 Å². The quantitative estimate of drug-likeness (QED) is 0.630. The van der Waals surface area contributed by atoms with Crippen molar-refractivity contribution in [2.24, 2.45) is 5.92 Å². The van der Waals surface area contributed by atoms with Crippen molar-refractivity contribution in [1.82, 2.24) is 0 Å². The summed E-state index contributed by atoms with van der Waals surface area (Å²) < 4.78 is 40.0. The van der Waals surface area contributed by atoms with Gasteiger partial charge in [-0.3, -0.25) is 0 Å². The van der Waals surface area contributed by atoms with E-state index in [1.54, 1.807) is 19.2 Å². The summed E-state index contributed by atoms with van der Waals surface area (Å²) in [6.45, 7) is 2.18. The maximum Gasteiger partial charge on any atom is 0.418 e. The van der Waals surface area contributed by atoms with E-state index in [-0.39, 0.29) is 6.04 Å². The van der Waals surface area contributed by atoms with Gasteiger partial charge in [0.05, 0.1) is 5.56 Å². The minimum absolute atomic E-state index is 0.199. The van der Waals surface area contributed by atoms with Crippen LogP contribution in [0.25, 0.3) is 0 Å². The Morgan fingerprint density at radius 3 is 2.57 bits per heavy atom. The molecule has 2 atom stereocenters. The molecule has 0 bridgehead atoms. The monoisotopic (exact) mass is 363 g/mol. The van der Waals surface area contributed by atoms with Crippen LogP contribution in [0.5, 0.6) is 0 Å². The van der Waals surface area contributed by atoms with Crippen molar-refractivity contribution in [3.05, 3.63) is 29.3 Å². The van der Waals surface area contributed by atoms with Gasteiger partial charge in [0.2, 0.25) is 0 Å². The van der Waals surface area contributed by atoms with Gasteiger partial charge in [0.15, 0.2) is 0 Å². The average molecular weight is 364 g/mol. The van der Waals surface area contributed by atoms with Gasteiger partial charge in [-0.1, -0.05) is 41.8 Å². The van der Waals surface area contributed by atoms with Crippen molar-refractivity contribution >= 4 is 21.6 Å². The third-order valence-corrected chi connectivity index (χ3v) is 5.00. The van der Waals surface area contributed by atoms with E-state index in [4.69, 9.17) is 0 Å². The highest BCUT2D eigenvalue weighted by molar-refractivity contribution is 9.08. The highest BCUT2D eigenvalue weighted by Gasteiger charge is 2.36. The Morgan fingerprint density at radius 2 is 2.00 bits per heavy atom. The van der Waals surface area contributed by atoms with Crippen LogP contribution in [0.1, 0.15) is 43.7 Å². The lowest BCUT2D eigenvalue weighted by Crippen LogP contribution is -2.36. The van der Waals surface area contributed by atoms with Crippen molar-refractivity contribution < 1.29 is 13.2 Å². The topological polar surface area (TPSA) is 3.24 Å². The average Bonchev–Trinajstić information content (AvgIpc) is 2.45. The highest BCUT2D eigenvalue weighted by Crippen LogP contribution is 2.39. The molecule has 0 saturated heterocycles. The third-order valence-electron chi connectivity index (χ3n) is 4.36. The Kier molecular flexibility index (Phi) is 5.23. The lowest BCUT2D eigenvalue weighted by molar-refractivity contribution is -0.137. The Balaban J connectivity index is 2.33. The van der Waals surface area contributed by atoms with E-state index in [0.29, 0.717) is 22.5 Å². The predicted octanol–water partition coefficient (Wildman–Crippen LogP) is 5.62. The number of rotatable bonds is 3. The molecule has 5 heteroatoms. The van der Waals surface area contributed by atoms with Gasteiger partial charge in [-0.05, 0) is 36.5 Å². The summed E-state index contributed by atoms with van der Waals surface area (Å²) in [6.07, 6.45) is -0.107. The first kappa shape index (κ1) is 16.7. The number of alkyl halides is 4. The zero-order chi connectivity index (χ0) is 15.6. The summed E-state index contributed by atoms with van der Waals surface area (Å²) in [5.41, 5.74) is 0.419. The first-order valence-electron chi connectivity index (χ1n) is 7.32. The molecule has 118 valence electrons. The first-order valence-corrected chi connectivity index (χ1v) is 8.44. The molecule has 21 heavy (non-hydrogen) atoms. The number of nitrogens with zero attached hydrogens (tertiary/aromatic N) is 1. The SMILES string of the molecule is CC1CCCC(N(C)c2ccc(CBr)cc2C(F)(F)F)C1. The van der Waals surface area contributed by atoms with E-state index in [9.17, 15) is 13.2 Å². The van der Waals surface area contributed by atoms with Gasteiger partial charge in [-0.25, -0.2) is 0 Å². The fraction of sp³-hybridized carbons (Fsp3) is 0.625. The largest absolute Gasteiger partial charge is 0.418 e. The van der Waals surface area contributed by atoms with E-state index in [0.717, 1.165) is 19.3 Å². The molecule has 0 aromatic heterocycles. The molecular formula is C16H21BrF3N. The number of halogens is 4. The van der Waals surface area contributed by atoms with Gasteiger partial charge in [-0.15, -0.1) is 0 Å². The molecule has 0 radical (unpaired) electrons. The van der Waals surface area contributed by atoms with Gasteiger partial charge in [0.1, 0.15) is 0 Å². The van der Waals surface area contributed by atoms with E-state index in [1.165, 1.54) is 12.5 Å². The minimum atomic E-state index is -4.32. The van der Waals surface area contributed by atoms with Crippen molar-refractivity contribution in [2.45, 2.75) is 50.2 Å². The van der Waals surface area contributed by atoms with Crippen LogP contribution in [-0.4, -0.2) is 13.1 Å². The Morgan fingerprint density at radius 1 is 1.29 bits per heavy atom. The van der Waals surface area contributed by atoms with Crippen LogP contribution in [-0.2, 0) is 11.5 Å². The summed E-state index contributed by atoms with van der Waals surface area (Å²) in [7, 11) is 1.79. The normalized spacial score (nSPS) is 23.1. The molecule has 1 aliphatic rings. The fourth-order valence-corrected chi connectivity index (χ4v) is 3.50. The van der Waals surface area contributed by atoms with E-state index in [2.05, 4.69) is 22.9 Å². The summed E-state index contributed by atoms with van der Waals surface area (Å²) >= 11 is 3.22. The molecule has 1 aliphatic carbocycles. The van der Waals surface area contributed by atoms with Crippen LogP contribution in [0.3, 0.4) is 0 Å². The second kappa shape index (κ2) is 6.59. The fourth-order valence-electron chi connectivity index (χ4n) is 3.15. The van der Waals surface area contributed by atoms with Crippen molar-refractivity contribution in [1.29, 1.82) is 0 Å². The van der Waals surface area contributed by atoms with Crippen molar-refractivity contribution in [2.75, 3.05) is 11.9 Å². The number of anilines is 1. The zero-order valence-corrected chi connectivity index (χ0v) is 14.0. The predicted molar refractivity (Wildman–Crippen MR) is 83.9 cm³/mol. The van der Waals surface area contributed by atoms with Crippen LogP contribution >= 0.6 is 15.9 Å². The summed E-state index contributed by atoms with van der Waals surface area (Å²) in [4.78, 5) is 1.83. The molecule has 0 aliphatic heterocycles. The smallest absolute Gasteiger partial charge is 0.371 e. The molecule has 1 aromatic rings. The van der Waals surface area contributed by atoms with Gasteiger partial charge < -0.3 is 4.90 Å². The van der Waals surface area contributed by atoms with Gasteiger partial charge >= 0.3 is 6.18 Å². The lowest BCUT2D eigenvalue weighted by atomic mass is 9.86. The van der Waals surface area contributed by atoms with Crippen LogP contribution in [0.4, 0.5) is 18.9 Å². The van der Waals surface area contributed by atoms with E-state index in [1.807, 2.05) is 4.90 Å². The summed E-state index contributed by atoms with van der Waals surface area (Å²) in [5.74, 6) is 0.586. The standard InChI is InChI=1S/C16H21BrF3N/c1-11-4-3-5-13(8-11)21(2)15-7-6-12(10-17)9-14(15)16(18,19)20/h6-7,9,11,13H,3-5,8,10H2,1-2H3. The molecule has 1 fully saturated rings. The van der Waals surface area contributed by atoms with Crippen LogP contribution in [0.15, 0.2) is 18.2 Å². The molecule has 2 unspecified atom stereocenters. The van der Waals surface area contributed by atoms with Gasteiger partial charge in [0.25, 0.3) is 0 Å². The van der Waals surface area contributed by atoms with Crippen molar-refractivity contribution in [3.63, 3.8) is 0 Å². The molecule has 1 saturated carbocycles. The maximum atomic E-state index is 13.3. The first-order chi connectivity index (χ1) is 9.82. The van der Waals surface area contributed by atoms with E-state index >= 15 is 0 Å². The molecule has 0 spiro atoms. The second-order valence-electron chi connectivity index (χ2n) is 6.02. The molecular weight excluding hydrogens is 343 g/mol. The third kappa shape index (κ3) is 3.93. The summed E-state index contributed by atoms with van der Waals surface area (Å²) in [5, 5.41) is 0.431. The van der Waals surface area contributed by atoms with Gasteiger partial charge in [0, 0.05) is 24.1 Å². The maximum absolute atomic E-state index is 13.3. The van der Waals surface area contributed by atoms with Crippen LogP contribution in [0.2, 0.25) is 0 Å². The van der Waals surface area contributed by atoms with Crippen molar-refractivity contribution in [3.8, 4) is 0 Å². The molecule has 1 nitrogen and oxygen atoms in total. The van der Waals surface area contributed by atoms with E-state index < -0.39 is 11.7 Å². The Bertz CT molecular complexity index is 487. The zero-order valence-electron chi connectivity index (χ0n) is 12.4. The molecule has 2 rings (SSSR count). The second-order valence-corrected chi connectivity index (χ2v) is 6.58. The highest BCUT2D eigenvalue weighted by atomic mass is 79.9. The number of benzene rings is 1. The molecule has 1 aromatic carbocycles. The van der Waals surface area contributed by atoms with Gasteiger partial charge in [-0.2, -0.15) is 13.2 Å². The van der Waals surface area contributed by atoms with Crippen LogP contribution < -0.4 is 4.90 Å².